The van der Waals surface area contributed by atoms with Crippen molar-refractivity contribution in [2.45, 2.75) is 26.9 Å². The summed E-state index contributed by atoms with van der Waals surface area (Å²) in [5.41, 5.74) is 1.16. The Kier molecular flexibility index (Phi) is 8.69. The number of ether oxygens (including phenoxy) is 2. The molecule has 0 saturated heterocycles. The zero-order chi connectivity index (χ0) is 21.1. The first-order valence-electron chi connectivity index (χ1n) is 9.46. The molecule has 2 aromatic carbocycles. The van der Waals surface area contributed by atoms with Crippen molar-refractivity contribution in [3.8, 4) is 5.75 Å². The summed E-state index contributed by atoms with van der Waals surface area (Å²) in [5, 5.41) is 4.70. The average Bonchev–Trinajstić information content (AvgIpc) is 2.71. The lowest BCUT2D eigenvalue weighted by Gasteiger charge is -2.11. The Hall–Kier alpha value is -3.35. The Bertz CT molecular complexity index is 821. The Morgan fingerprint density at radius 2 is 1.66 bits per heavy atom. The van der Waals surface area contributed by atoms with Crippen LogP contribution in [0, 0.1) is 5.92 Å². The van der Waals surface area contributed by atoms with Gasteiger partial charge in [0.15, 0.2) is 6.61 Å². The summed E-state index contributed by atoms with van der Waals surface area (Å²) >= 11 is 0. The Balaban J connectivity index is 1.82. The van der Waals surface area contributed by atoms with E-state index in [9.17, 15) is 14.4 Å². The van der Waals surface area contributed by atoms with E-state index >= 15 is 0 Å². The van der Waals surface area contributed by atoms with E-state index in [1.165, 1.54) is 0 Å². The van der Waals surface area contributed by atoms with Gasteiger partial charge in [-0.15, -0.1) is 0 Å². The van der Waals surface area contributed by atoms with E-state index in [-0.39, 0.29) is 5.56 Å². The molecule has 0 bridgehead atoms. The number of carbonyl (C=O) groups is 3. The summed E-state index contributed by atoms with van der Waals surface area (Å²) in [6.45, 7) is 4.26. The van der Waals surface area contributed by atoms with Gasteiger partial charge in [-0.2, -0.15) is 0 Å². The van der Waals surface area contributed by atoms with Gasteiger partial charge in [0.2, 0.25) is 0 Å². The number of para-hydroxylation sites is 1. The molecule has 2 aromatic rings. The van der Waals surface area contributed by atoms with Gasteiger partial charge in [0.1, 0.15) is 17.9 Å². The molecule has 0 radical (unpaired) electrons. The van der Waals surface area contributed by atoms with E-state index in [1.54, 1.807) is 24.3 Å². The summed E-state index contributed by atoms with van der Waals surface area (Å²) in [7, 11) is 0. The first-order valence-corrected chi connectivity index (χ1v) is 9.46. The molecule has 0 saturated carbocycles. The molecule has 0 heterocycles. The Labute approximate surface area is 170 Å². The molecule has 29 heavy (non-hydrogen) atoms. The minimum atomic E-state index is -0.705. The minimum absolute atomic E-state index is 0.206. The number of hydrogen-bond donors (Lipinski definition) is 2. The van der Waals surface area contributed by atoms with Crippen LogP contribution in [0.5, 0.6) is 5.75 Å². The third kappa shape index (κ3) is 8.04. The fourth-order valence-corrected chi connectivity index (χ4v) is 2.39. The summed E-state index contributed by atoms with van der Waals surface area (Å²) < 4.78 is 10.7. The van der Waals surface area contributed by atoms with Gasteiger partial charge in [-0.3, -0.25) is 10.1 Å². The fraction of sp³-hybridized carbons (Fsp3) is 0.318. The number of rotatable bonds is 9. The maximum atomic E-state index is 12.3. The monoisotopic (exact) mass is 398 g/mol. The average molecular weight is 398 g/mol. The third-order valence-electron chi connectivity index (χ3n) is 3.94. The second-order valence-corrected chi connectivity index (χ2v) is 6.83. The molecule has 3 amide bonds. The summed E-state index contributed by atoms with van der Waals surface area (Å²) in [6.07, 6.45) is 0.802. The summed E-state index contributed by atoms with van der Waals surface area (Å²) in [6, 6.07) is 15.5. The second-order valence-electron chi connectivity index (χ2n) is 6.83. The largest absolute Gasteiger partial charge is 0.488 e. The molecule has 2 N–H and O–H groups in total. The van der Waals surface area contributed by atoms with Gasteiger partial charge in [0.25, 0.3) is 5.91 Å². The van der Waals surface area contributed by atoms with Crippen molar-refractivity contribution >= 4 is 17.9 Å². The quantitative estimate of drug-likeness (QED) is 0.632. The lowest BCUT2D eigenvalue weighted by Crippen LogP contribution is -2.42. The number of imide groups is 1. The van der Waals surface area contributed by atoms with Gasteiger partial charge in [-0.05, 0) is 30.0 Å². The maximum Gasteiger partial charge on any atom is 0.342 e. The number of amides is 3. The van der Waals surface area contributed by atoms with Crippen LogP contribution in [-0.4, -0.2) is 31.1 Å². The van der Waals surface area contributed by atoms with E-state index < -0.39 is 24.5 Å². The molecule has 0 aromatic heterocycles. The molecule has 0 fully saturated rings. The maximum absolute atomic E-state index is 12.3. The number of nitrogens with one attached hydrogen (secondary N) is 2. The van der Waals surface area contributed by atoms with Gasteiger partial charge in [-0.1, -0.05) is 56.3 Å². The predicted molar refractivity (Wildman–Crippen MR) is 108 cm³/mol. The summed E-state index contributed by atoms with van der Waals surface area (Å²) in [4.78, 5) is 35.8. The van der Waals surface area contributed by atoms with E-state index in [4.69, 9.17) is 9.47 Å². The van der Waals surface area contributed by atoms with Crippen LogP contribution in [0.25, 0.3) is 0 Å². The van der Waals surface area contributed by atoms with Crippen LogP contribution in [-0.2, 0) is 16.1 Å². The van der Waals surface area contributed by atoms with Crippen LogP contribution in [0.2, 0.25) is 0 Å². The molecule has 154 valence electrons. The molecular weight excluding hydrogens is 372 g/mol. The summed E-state index contributed by atoms with van der Waals surface area (Å²) in [5.74, 6) is -0.614. The van der Waals surface area contributed by atoms with Gasteiger partial charge < -0.3 is 14.8 Å². The topological polar surface area (TPSA) is 93.7 Å². The molecule has 0 spiro atoms. The second kappa shape index (κ2) is 11.5. The van der Waals surface area contributed by atoms with Crippen molar-refractivity contribution in [1.82, 2.24) is 10.6 Å². The van der Waals surface area contributed by atoms with Crippen molar-refractivity contribution < 1.29 is 23.9 Å². The SMILES string of the molecule is CC(C)CCNC(=O)NC(=O)COC(=O)c1ccccc1OCc1ccccc1. The van der Waals surface area contributed by atoms with Gasteiger partial charge in [-0.25, -0.2) is 9.59 Å². The van der Waals surface area contributed by atoms with Crippen LogP contribution in [0.3, 0.4) is 0 Å². The number of benzene rings is 2. The lowest BCUT2D eigenvalue weighted by molar-refractivity contribution is -0.123. The molecule has 7 nitrogen and oxygen atoms in total. The first-order chi connectivity index (χ1) is 14.0. The molecule has 0 unspecified atom stereocenters. The van der Waals surface area contributed by atoms with Crippen LogP contribution < -0.4 is 15.4 Å². The van der Waals surface area contributed by atoms with Crippen molar-refractivity contribution in [3.63, 3.8) is 0 Å². The van der Waals surface area contributed by atoms with Crippen LogP contribution in [0.1, 0.15) is 36.2 Å². The van der Waals surface area contributed by atoms with Crippen LogP contribution >= 0.6 is 0 Å². The van der Waals surface area contributed by atoms with Crippen molar-refractivity contribution in [2.24, 2.45) is 5.92 Å². The van der Waals surface area contributed by atoms with Gasteiger partial charge in [0.05, 0.1) is 0 Å². The molecule has 2 rings (SSSR count). The van der Waals surface area contributed by atoms with Crippen LogP contribution in [0.15, 0.2) is 54.6 Å². The van der Waals surface area contributed by atoms with Crippen molar-refractivity contribution in [1.29, 1.82) is 0 Å². The van der Waals surface area contributed by atoms with Gasteiger partial charge >= 0.3 is 12.0 Å². The highest BCUT2D eigenvalue weighted by molar-refractivity contribution is 5.97. The fourth-order valence-electron chi connectivity index (χ4n) is 2.39. The van der Waals surface area contributed by atoms with E-state index in [1.807, 2.05) is 44.2 Å². The Morgan fingerprint density at radius 3 is 2.38 bits per heavy atom. The number of carbonyl (C=O) groups excluding carboxylic acids is 3. The molecule has 0 aliphatic rings. The molecule has 7 heteroatoms. The first kappa shape index (κ1) is 21.9. The normalized spacial score (nSPS) is 10.3. The van der Waals surface area contributed by atoms with Crippen molar-refractivity contribution in [2.75, 3.05) is 13.2 Å². The standard InChI is InChI=1S/C22H26N2O5/c1-16(2)12-13-23-22(27)24-20(25)15-29-21(26)18-10-6-7-11-19(18)28-14-17-8-4-3-5-9-17/h3-11,16H,12-15H2,1-2H3,(H2,23,24,25,27). The minimum Gasteiger partial charge on any atom is -0.488 e. The highest BCUT2D eigenvalue weighted by atomic mass is 16.5. The molecular formula is C22H26N2O5. The van der Waals surface area contributed by atoms with Crippen LogP contribution in [0.4, 0.5) is 4.79 Å². The molecule has 0 aliphatic heterocycles. The number of urea groups is 1. The predicted octanol–water partition coefficient (Wildman–Crippen LogP) is 3.29. The lowest BCUT2D eigenvalue weighted by atomic mass is 10.1. The zero-order valence-corrected chi connectivity index (χ0v) is 16.6. The van der Waals surface area contributed by atoms with E-state index in [0.29, 0.717) is 24.8 Å². The smallest absolute Gasteiger partial charge is 0.342 e. The third-order valence-corrected chi connectivity index (χ3v) is 3.94. The van der Waals surface area contributed by atoms with Gasteiger partial charge in [0, 0.05) is 6.54 Å². The highest BCUT2D eigenvalue weighted by Gasteiger charge is 2.16. The number of esters is 1. The highest BCUT2D eigenvalue weighted by Crippen LogP contribution is 2.20. The molecule has 0 aliphatic carbocycles. The zero-order valence-electron chi connectivity index (χ0n) is 16.6. The van der Waals surface area contributed by atoms with E-state index in [2.05, 4.69) is 10.6 Å². The van der Waals surface area contributed by atoms with Crippen molar-refractivity contribution in [3.05, 3.63) is 65.7 Å². The molecule has 0 atom stereocenters. The van der Waals surface area contributed by atoms with E-state index in [0.717, 1.165) is 12.0 Å². The Morgan fingerprint density at radius 1 is 0.966 bits per heavy atom. The number of hydrogen-bond acceptors (Lipinski definition) is 5.